The van der Waals surface area contributed by atoms with Crippen molar-refractivity contribution in [1.82, 2.24) is 14.5 Å². The van der Waals surface area contributed by atoms with Crippen molar-refractivity contribution < 1.29 is 13.7 Å². The predicted octanol–water partition coefficient (Wildman–Crippen LogP) is 6.08. The fraction of sp³-hybridized carbons (Fsp3) is 0.400. The van der Waals surface area contributed by atoms with Gasteiger partial charge in [-0.15, -0.1) is 0 Å². The lowest BCUT2D eigenvalue weighted by atomic mass is 9.98. The van der Waals surface area contributed by atoms with Crippen LogP contribution >= 0.6 is 0 Å². The van der Waals surface area contributed by atoms with E-state index in [2.05, 4.69) is 39.9 Å². The van der Waals surface area contributed by atoms with Crippen molar-refractivity contribution in [3.63, 3.8) is 0 Å². The highest BCUT2D eigenvalue weighted by atomic mass is 32.2. The summed E-state index contributed by atoms with van der Waals surface area (Å²) >= 11 is 0. The van der Waals surface area contributed by atoms with Crippen molar-refractivity contribution in [3.05, 3.63) is 78.4 Å². The van der Waals surface area contributed by atoms with Gasteiger partial charge in [0, 0.05) is 36.4 Å². The zero-order chi connectivity index (χ0) is 25.0. The van der Waals surface area contributed by atoms with Crippen LogP contribution in [0.25, 0.3) is 11.0 Å². The van der Waals surface area contributed by atoms with Gasteiger partial charge in [0.1, 0.15) is 11.6 Å². The zero-order valence-electron chi connectivity index (χ0n) is 21.1. The summed E-state index contributed by atoms with van der Waals surface area (Å²) in [5.74, 6) is 1.70. The largest absolute Gasteiger partial charge is 0.489 e. The molecule has 3 heterocycles. The number of benzene rings is 2. The van der Waals surface area contributed by atoms with Crippen LogP contribution < -0.4 is 4.74 Å². The minimum absolute atomic E-state index is 0.151. The zero-order valence-corrected chi connectivity index (χ0v) is 21.9. The molecule has 2 fully saturated rings. The van der Waals surface area contributed by atoms with Crippen molar-refractivity contribution in [3.8, 4) is 5.75 Å². The molecule has 2 atom stereocenters. The molecule has 192 valence electrons. The van der Waals surface area contributed by atoms with Crippen molar-refractivity contribution >= 4 is 21.8 Å². The molecule has 0 bridgehead atoms. The van der Waals surface area contributed by atoms with Gasteiger partial charge >= 0.3 is 0 Å². The fourth-order valence-electron chi connectivity index (χ4n) is 5.48. The molecule has 1 saturated carbocycles. The van der Waals surface area contributed by atoms with Crippen LogP contribution in [0.2, 0.25) is 0 Å². The molecule has 1 saturated heterocycles. The lowest BCUT2D eigenvalue weighted by Crippen LogP contribution is -2.20. The molecule has 0 amide bonds. The second-order valence-electron chi connectivity index (χ2n) is 10.1. The van der Waals surface area contributed by atoms with E-state index < -0.39 is 10.8 Å². The maximum absolute atomic E-state index is 13.8. The maximum Gasteiger partial charge on any atom is 0.138 e. The monoisotopic (exact) mass is 515 g/mol. The van der Waals surface area contributed by atoms with Crippen molar-refractivity contribution in [1.29, 1.82) is 0 Å². The summed E-state index contributed by atoms with van der Waals surface area (Å²) in [6.07, 6.45) is 12.2. The van der Waals surface area contributed by atoms with Crippen molar-refractivity contribution in [2.75, 3.05) is 6.61 Å². The Morgan fingerprint density at radius 3 is 2.54 bits per heavy atom. The first-order valence-electron chi connectivity index (χ1n) is 13.4. The van der Waals surface area contributed by atoms with E-state index in [-0.39, 0.29) is 12.2 Å². The molecule has 0 N–H and O–H groups in total. The Morgan fingerprint density at radius 1 is 0.973 bits per heavy atom. The average Bonchev–Trinajstić information content (AvgIpc) is 3.58. The Hall–Kier alpha value is -3.03. The van der Waals surface area contributed by atoms with Gasteiger partial charge in [-0.1, -0.05) is 36.8 Å². The highest BCUT2D eigenvalue weighted by Crippen LogP contribution is 2.35. The third-order valence-electron chi connectivity index (χ3n) is 7.42. The minimum atomic E-state index is -1.40. The number of rotatable bonds is 8. The third-order valence-corrected chi connectivity index (χ3v) is 8.84. The molecule has 0 radical (unpaired) electrons. The van der Waals surface area contributed by atoms with Crippen LogP contribution in [-0.2, 0) is 28.5 Å². The van der Waals surface area contributed by atoms with E-state index in [4.69, 9.17) is 14.5 Å². The van der Waals surface area contributed by atoms with Crippen LogP contribution in [0, 0.1) is 0 Å². The first-order valence-corrected chi connectivity index (χ1v) is 14.6. The summed E-state index contributed by atoms with van der Waals surface area (Å²) in [5, 5.41) is 0. The number of hydrogen-bond donors (Lipinski definition) is 0. The van der Waals surface area contributed by atoms with Gasteiger partial charge in [-0.25, -0.2) is 9.19 Å². The SMILES string of the molecule is O=S(c1ccncc1)c1cc2nc(Cc3ccccc3)n(CC3CCCO3)c2cc1OC1CCCCC1. The van der Waals surface area contributed by atoms with Gasteiger partial charge in [0.2, 0.25) is 0 Å². The van der Waals surface area contributed by atoms with Gasteiger partial charge in [0.15, 0.2) is 0 Å². The first-order chi connectivity index (χ1) is 18.2. The highest BCUT2D eigenvalue weighted by Gasteiger charge is 2.25. The normalized spacial score (nSPS) is 19.3. The molecule has 6 nitrogen and oxygen atoms in total. The van der Waals surface area contributed by atoms with Crippen molar-refractivity contribution in [2.45, 2.75) is 79.9 Å². The molecule has 1 aliphatic carbocycles. The molecule has 2 aliphatic rings. The molecule has 1 aliphatic heterocycles. The van der Waals surface area contributed by atoms with Gasteiger partial charge in [-0.2, -0.15) is 0 Å². The number of nitrogens with zero attached hydrogens (tertiary/aromatic N) is 3. The Bertz CT molecular complexity index is 1360. The lowest BCUT2D eigenvalue weighted by Gasteiger charge is -2.24. The van der Waals surface area contributed by atoms with E-state index in [0.717, 1.165) is 62.1 Å². The van der Waals surface area contributed by atoms with Crippen LogP contribution in [0.5, 0.6) is 5.75 Å². The van der Waals surface area contributed by atoms with Crippen LogP contribution in [0.15, 0.2) is 76.8 Å². The second kappa shape index (κ2) is 11.2. The first kappa shape index (κ1) is 24.3. The lowest BCUT2D eigenvalue weighted by molar-refractivity contribution is 0.0972. The Kier molecular flexibility index (Phi) is 7.33. The Morgan fingerprint density at radius 2 is 1.78 bits per heavy atom. The Labute approximate surface area is 220 Å². The standard InChI is InChI=1S/C30H33N3O3S/c34-37(25-13-15-31-16-14-25)29-19-26-27(20-28(29)36-23-10-5-2-6-11-23)33(21-24-12-7-17-35-24)30(32-26)18-22-8-3-1-4-9-22/h1,3-4,8-9,13-16,19-20,23-24H,2,5-7,10-12,17-18,21H2. The summed E-state index contributed by atoms with van der Waals surface area (Å²) in [5.41, 5.74) is 3.07. The van der Waals surface area contributed by atoms with Gasteiger partial charge in [-0.05, 0) is 62.3 Å². The number of pyridine rings is 1. The van der Waals surface area contributed by atoms with Gasteiger partial charge < -0.3 is 14.0 Å². The predicted molar refractivity (Wildman–Crippen MR) is 144 cm³/mol. The Balaban J connectivity index is 1.45. The van der Waals surface area contributed by atoms with Gasteiger partial charge in [0.25, 0.3) is 0 Å². The fourth-order valence-corrected chi connectivity index (χ4v) is 6.61. The van der Waals surface area contributed by atoms with E-state index >= 15 is 0 Å². The molecule has 6 rings (SSSR count). The summed E-state index contributed by atoms with van der Waals surface area (Å²) < 4.78 is 28.7. The summed E-state index contributed by atoms with van der Waals surface area (Å²) in [7, 11) is -1.40. The molecule has 37 heavy (non-hydrogen) atoms. The third kappa shape index (κ3) is 5.48. The number of ether oxygens (including phenoxy) is 2. The van der Waals surface area contributed by atoms with Crippen LogP contribution in [0.3, 0.4) is 0 Å². The number of imidazole rings is 1. The van der Waals surface area contributed by atoms with Gasteiger partial charge in [-0.3, -0.25) is 4.98 Å². The molecular formula is C30H33N3O3S. The summed E-state index contributed by atoms with van der Waals surface area (Å²) in [6.45, 7) is 1.57. The quantitative estimate of drug-likeness (QED) is 0.285. The number of fused-ring (bicyclic) bond motifs is 1. The average molecular weight is 516 g/mol. The van der Waals surface area contributed by atoms with Gasteiger partial charge in [0.05, 0.1) is 45.5 Å². The van der Waals surface area contributed by atoms with Crippen LogP contribution in [0.1, 0.15) is 56.3 Å². The molecule has 2 unspecified atom stereocenters. The smallest absolute Gasteiger partial charge is 0.138 e. The molecule has 2 aromatic heterocycles. The summed E-state index contributed by atoms with van der Waals surface area (Å²) in [4.78, 5) is 10.6. The van der Waals surface area contributed by atoms with Crippen molar-refractivity contribution in [2.24, 2.45) is 0 Å². The van der Waals surface area contributed by atoms with Crippen LogP contribution in [0.4, 0.5) is 0 Å². The van der Waals surface area contributed by atoms with E-state index in [1.54, 1.807) is 12.4 Å². The van der Waals surface area contributed by atoms with E-state index in [1.807, 2.05) is 24.3 Å². The maximum atomic E-state index is 13.8. The van der Waals surface area contributed by atoms with Crippen LogP contribution in [-0.4, -0.2) is 37.6 Å². The minimum Gasteiger partial charge on any atom is -0.489 e. The summed E-state index contributed by atoms with van der Waals surface area (Å²) in [6, 6.07) is 18.1. The molecule has 7 heteroatoms. The second-order valence-corrected chi connectivity index (χ2v) is 11.5. The molecular weight excluding hydrogens is 482 g/mol. The number of hydrogen-bond acceptors (Lipinski definition) is 5. The molecule has 2 aromatic carbocycles. The topological polar surface area (TPSA) is 66.2 Å². The highest BCUT2D eigenvalue weighted by molar-refractivity contribution is 7.85. The van der Waals surface area contributed by atoms with E-state index in [0.29, 0.717) is 15.5 Å². The molecule has 0 spiro atoms. The van der Waals surface area contributed by atoms with E-state index in [1.165, 1.54) is 24.8 Å². The number of aromatic nitrogens is 3. The van der Waals surface area contributed by atoms with E-state index in [9.17, 15) is 4.21 Å². The molecule has 4 aromatic rings.